The Morgan fingerprint density at radius 1 is 1.29 bits per heavy atom. The highest BCUT2D eigenvalue weighted by atomic mass is 16.4. The van der Waals surface area contributed by atoms with Gasteiger partial charge in [-0.05, 0) is 17.4 Å². The molecular weight excluding hydrogens is 304 g/mol. The van der Waals surface area contributed by atoms with Crippen LogP contribution < -0.4 is 5.32 Å². The Kier molecular flexibility index (Phi) is 4.07. The fraction of sp³-hybridized carbons (Fsp3) is 0.500. The number of hydrogen-bond acceptors (Lipinski definition) is 4. The Morgan fingerprint density at radius 2 is 1.96 bits per heavy atom. The van der Waals surface area contributed by atoms with Crippen molar-refractivity contribution in [3.8, 4) is 0 Å². The molecule has 1 saturated carbocycles. The number of carbonyl (C=O) groups excluding carboxylic acids is 1. The zero-order chi connectivity index (χ0) is 17.4. The van der Waals surface area contributed by atoms with E-state index in [0.29, 0.717) is 24.9 Å². The van der Waals surface area contributed by atoms with Crippen LogP contribution in [0.3, 0.4) is 0 Å². The van der Waals surface area contributed by atoms with Gasteiger partial charge in [-0.25, -0.2) is 4.79 Å². The molecule has 3 rings (SSSR count). The third-order valence-corrected chi connectivity index (χ3v) is 5.07. The van der Waals surface area contributed by atoms with E-state index in [1.54, 1.807) is 18.9 Å². The van der Waals surface area contributed by atoms with E-state index in [1.807, 2.05) is 6.07 Å². The fourth-order valence-electron chi connectivity index (χ4n) is 3.40. The molecule has 1 aromatic carbocycles. The molecule has 24 heavy (non-hydrogen) atoms. The molecule has 1 aliphatic carbocycles. The summed E-state index contributed by atoms with van der Waals surface area (Å²) in [4.78, 5) is 14.0. The summed E-state index contributed by atoms with van der Waals surface area (Å²) in [5, 5.41) is 10.8. The quantitative estimate of drug-likeness (QED) is 0.916. The molecule has 0 spiro atoms. The molecule has 128 valence electrons. The molecule has 2 aromatic rings. The van der Waals surface area contributed by atoms with Crippen LogP contribution in [0, 0.1) is 12.3 Å². The number of amides is 2. The first-order valence-electron chi connectivity index (χ1n) is 8.18. The summed E-state index contributed by atoms with van der Waals surface area (Å²) in [6.45, 7) is 7.15. The van der Waals surface area contributed by atoms with E-state index < -0.39 is 0 Å². The van der Waals surface area contributed by atoms with E-state index in [9.17, 15) is 4.79 Å². The number of urea groups is 1. The lowest BCUT2D eigenvalue weighted by Gasteiger charge is -2.24. The third-order valence-electron chi connectivity index (χ3n) is 5.07. The first kappa shape index (κ1) is 16.5. The van der Waals surface area contributed by atoms with Crippen LogP contribution in [0.25, 0.3) is 0 Å². The summed E-state index contributed by atoms with van der Waals surface area (Å²) < 4.78 is 5.32. The highest BCUT2D eigenvalue weighted by molar-refractivity contribution is 5.74. The lowest BCUT2D eigenvalue weighted by molar-refractivity contribution is 0.200. The highest BCUT2D eigenvalue weighted by Crippen LogP contribution is 2.63. The SMILES string of the molecule is Cc1nnc(CN(C)C(=O)NC[C@@]2(c3ccccc3)CC2(C)C)o1. The smallest absolute Gasteiger partial charge is 0.317 e. The van der Waals surface area contributed by atoms with Gasteiger partial charge >= 0.3 is 6.03 Å². The number of rotatable bonds is 5. The summed E-state index contributed by atoms with van der Waals surface area (Å²) in [6.07, 6.45) is 1.07. The molecule has 0 bridgehead atoms. The Hall–Kier alpha value is -2.37. The number of benzene rings is 1. The first-order valence-corrected chi connectivity index (χ1v) is 8.18. The number of aryl methyl sites for hydroxylation is 1. The molecule has 1 N–H and O–H groups in total. The number of hydrogen-bond donors (Lipinski definition) is 1. The lowest BCUT2D eigenvalue weighted by Crippen LogP contribution is -2.41. The molecule has 6 nitrogen and oxygen atoms in total. The topological polar surface area (TPSA) is 71.3 Å². The van der Waals surface area contributed by atoms with Crippen molar-refractivity contribution in [2.24, 2.45) is 5.41 Å². The van der Waals surface area contributed by atoms with Crippen molar-refractivity contribution >= 4 is 6.03 Å². The monoisotopic (exact) mass is 328 g/mol. The van der Waals surface area contributed by atoms with Crippen molar-refractivity contribution in [1.29, 1.82) is 0 Å². The summed E-state index contributed by atoms with van der Waals surface area (Å²) in [7, 11) is 1.72. The van der Waals surface area contributed by atoms with Gasteiger partial charge in [-0.3, -0.25) is 0 Å². The van der Waals surface area contributed by atoms with Crippen LogP contribution in [0.2, 0.25) is 0 Å². The molecule has 1 aliphatic rings. The predicted molar refractivity (Wildman–Crippen MR) is 90.4 cm³/mol. The lowest BCUT2D eigenvalue weighted by atomic mass is 9.88. The van der Waals surface area contributed by atoms with Gasteiger partial charge in [-0.1, -0.05) is 44.2 Å². The standard InChI is InChI=1S/C18H24N4O2/c1-13-20-21-15(24-13)10-22(4)16(23)19-12-18(11-17(18,2)3)14-8-6-5-7-9-14/h5-9H,10-12H2,1-4H3,(H,19,23)/t18-/m1/s1. The minimum absolute atomic E-state index is 0.00579. The molecule has 1 fully saturated rings. The van der Waals surface area contributed by atoms with Crippen LogP contribution in [0.4, 0.5) is 4.79 Å². The summed E-state index contributed by atoms with van der Waals surface area (Å²) in [5.74, 6) is 0.941. The van der Waals surface area contributed by atoms with Crippen molar-refractivity contribution in [2.45, 2.75) is 39.2 Å². The highest BCUT2D eigenvalue weighted by Gasteiger charge is 2.61. The predicted octanol–water partition coefficient (Wildman–Crippen LogP) is 2.89. The second-order valence-corrected chi connectivity index (χ2v) is 7.24. The van der Waals surface area contributed by atoms with Crippen molar-refractivity contribution in [1.82, 2.24) is 20.4 Å². The number of nitrogens with zero attached hydrogens (tertiary/aromatic N) is 3. The van der Waals surface area contributed by atoms with Gasteiger partial charge in [0, 0.05) is 25.9 Å². The molecule has 0 aliphatic heterocycles. The Bertz CT molecular complexity index is 726. The zero-order valence-electron chi connectivity index (χ0n) is 14.7. The van der Waals surface area contributed by atoms with E-state index in [-0.39, 0.29) is 16.9 Å². The molecule has 2 amide bonds. The molecule has 1 atom stereocenters. The maximum Gasteiger partial charge on any atom is 0.317 e. The summed E-state index contributed by atoms with van der Waals surface area (Å²) in [6, 6.07) is 10.3. The average Bonchev–Trinajstić information content (AvgIpc) is 2.88. The van der Waals surface area contributed by atoms with E-state index in [1.165, 1.54) is 5.56 Å². The maximum absolute atomic E-state index is 12.4. The van der Waals surface area contributed by atoms with Crippen LogP contribution >= 0.6 is 0 Å². The van der Waals surface area contributed by atoms with Gasteiger partial charge in [0.05, 0.1) is 0 Å². The van der Waals surface area contributed by atoms with Crippen LogP contribution in [0.1, 0.15) is 37.6 Å². The minimum atomic E-state index is -0.135. The van der Waals surface area contributed by atoms with Crippen LogP contribution in [-0.2, 0) is 12.0 Å². The van der Waals surface area contributed by atoms with Crippen molar-refractivity contribution in [3.63, 3.8) is 0 Å². The van der Waals surface area contributed by atoms with E-state index >= 15 is 0 Å². The zero-order valence-corrected chi connectivity index (χ0v) is 14.7. The van der Waals surface area contributed by atoms with Gasteiger partial charge in [0.1, 0.15) is 6.54 Å². The summed E-state index contributed by atoms with van der Waals surface area (Å²) in [5.41, 5.74) is 1.47. The van der Waals surface area contributed by atoms with Crippen molar-refractivity contribution in [2.75, 3.05) is 13.6 Å². The van der Waals surface area contributed by atoms with Crippen LogP contribution in [0.15, 0.2) is 34.7 Å². The van der Waals surface area contributed by atoms with E-state index in [4.69, 9.17) is 4.42 Å². The van der Waals surface area contributed by atoms with Crippen molar-refractivity contribution < 1.29 is 9.21 Å². The van der Waals surface area contributed by atoms with E-state index in [2.05, 4.69) is 53.6 Å². The Morgan fingerprint density at radius 3 is 2.50 bits per heavy atom. The second kappa shape index (κ2) is 5.92. The van der Waals surface area contributed by atoms with Crippen LogP contribution in [-0.4, -0.2) is 34.7 Å². The van der Waals surface area contributed by atoms with Crippen molar-refractivity contribution in [3.05, 3.63) is 47.7 Å². The maximum atomic E-state index is 12.4. The van der Waals surface area contributed by atoms with E-state index in [0.717, 1.165) is 6.42 Å². The minimum Gasteiger partial charge on any atom is -0.424 e. The number of carbonyl (C=O) groups is 1. The molecule has 1 aromatic heterocycles. The van der Waals surface area contributed by atoms with Crippen LogP contribution in [0.5, 0.6) is 0 Å². The average molecular weight is 328 g/mol. The van der Waals surface area contributed by atoms with Gasteiger partial charge in [0.25, 0.3) is 0 Å². The summed E-state index contributed by atoms with van der Waals surface area (Å²) >= 11 is 0. The first-order chi connectivity index (χ1) is 11.3. The van der Waals surface area contributed by atoms with Gasteiger partial charge in [0.2, 0.25) is 11.8 Å². The molecule has 0 unspecified atom stereocenters. The molecular formula is C18H24N4O2. The molecule has 1 heterocycles. The molecule has 0 saturated heterocycles. The Labute approximate surface area is 142 Å². The largest absolute Gasteiger partial charge is 0.424 e. The fourth-order valence-corrected chi connectivity index (χ4v) is 3.40. The third kappa shape index (κ3) is 3.00. The second-order valence-electron chi connectivity index (χ2n) is 7.24. The van der Waals surface area contributed by atoms with Gasteiger partial charge in [0.15, 0.2) is 0 Å². The molecule has 6 heteroatoms. The Balaban J connectivity index is 1.62. The normalized spacial score (nSPS) is 21.3. The van der Waals surface area contributed by atoms with Gasteiger partial charge in [-0.15, -0.1) is 10.2 Å². The number of nitrogens with one attached hydrogen (secondary N) is 1. The van der Waals surface area contributed by atoms with Gasteiger partial charge in [-0.2, -0.15) is 0 Å². The number of aromatic nitrogens is 2. The molecule has 0 radical (unpaired) electrons. The van der Waals surface area contributed by atoms with Gasteiger partial charge < -0.3 is 14.6 Å².